The Balaban J connectivity index is 4.27. The van der Waals surface area contributed by atoms with Gasteiger partial charge in [0.15, 0.2) is 6.10 Å². The number of allylic oxidation sites excluding steroid dienone is 22. The van der Waals surface area contributed by atoms with Crippen LogP contribution in [0.15, 0.2) is 134 Å². The fourth-order valence-corrected chi connectivity index (χ4v) is 8.62. The number of hydrogen-bond acceptors (Lipinski definition) is 6. The minimum atomic E-state index is -0.815. The van der Waals surface area contributed by atoms with Crippen LogP contribution in [-0.4, -0.2) is 37.2 Å². The van der Waals surface area contributed by atoms with E-state index in [1.165, 1.54) is 116 Å². The lowest BCUT2D eigenvalue weighted by Crippen LogP contribution is -2.30. The summed E-state index contributed by atoms with van der Waals surface area (Å²) in [4.78, 5) is 38.2. The van der Waals surface area contributed by atoms with Gasteiger partial charge in [-0.3, -0.25) is 14.4 Å². The summed E-state index contributed by atoms with van der Waals surface area (Å²) in [6, 6.07) is 0. The van der Waals surface area contributed by atoms with E-state index < -0.39 is 6.10 Å². The molecule has 0 saturated heterocycles. The number of rotatable bonds is 57. The van der Waals surface area contributed by atoms with Gasteiger partial charge in [-0.2, -0.15) is 0 Å². The standard InChI is InChI=1S/C72H118O6/c1-4-7-10-13-16-19-22-25-27-29-30-31-32-33-34-35-36-37-38-39-40-41-42-44-45-47-50-53-56-59-62-65-71(74)77-68-69(67-76-70(73)64-61-58-55-52-49-24-21-18-15-12-9-6-3)78-72(75)66-63-60-57-54-51-48-46-43-28-26-23-20-17-14-11-8-5-2/h7-8,10-11,16-21,25-28,30-31,33-34,46,48,54,57,69H,4-6,9,12-15,22-24,29,32,35-45,47,49-53,55-56,58-68H2,1-3H3/b10-7-,11-8-,19-16-,20-17-,21-18-,27-25-,28-26-,31-30-,34-33-,48-46-,57-54-. The Bertz CT molecular complexity index is 1670. The minimum absolute atomic E-state index is 0.105. The van der Waals surface area contributed by atoms with Crippen molar-refractivity contribution in [1.82, 2.24) is 0 Å². The van der Waals surface area contributed by atoms with E-state index >= 15 is 0 Å². The molecule has 0 fully saturated rings. The molecular formula is C72H118O6. The van der Waals surface area contributed by atoms with Crippen molar-refractivity contribution in [1.29, 1.82) is 0 Å². The molecule has 0 aromatic heterocycles. The maximum atomic E-state index is 12.9. The summed E-state index contributed by atoms with van der Waals surface area (Å²) in [6.07, 6.45) is 91.9. The monoisotopic (exact) mass is 1080 g/mol. The topological polar surface area (TPSA) is 78.9 Å². The summed E-state index contributed by atoms with van der Waals surface area (Å²) in [5, 5.41) is 0. The summed E-state index contributed by atoms with van der Waals surface area (Å²) < 4.78 is 16.8. The highest BCUT2D eigenvalue weighted by atomic mass is 16.6. The fraction of sp³-hybridized carbons (Fsp3) is 0.653. The van der Waals surface area contributed by atoms with Gasteiger partial charge < -0.3 is 14.2 Å². The maximum Gasteiger partial charge on any atom is 0.306 e. The van der Waals surface area contributed by atoms with Crippen molar-refractivity contribution in [3.63, 3.8) is 0 Å². The molecule has 1 atom stereocenters. The van der Waals surface area contributed by atoms with Gasteiger partial charge in [-0.15, -0.1) is 0 Å². The predicted molar refractivity (Wildman–Crippen MR) is 339 cm³/mol. The van der Waals surface area contributed by atoms with E-state index in [0.717, 1.165) is 122 Å². The van der Waals surface area contributed by atoms with E-state index in [9.17, 15) is 14.4 Å². The number of carbonyl (C=O) groups excluding carboxylic acids is 3. The van der Waals surface area contributed by atoms with Crippen LogP contribution >= 0.6 is 0 Å². The molecule has 0 saturated carbocycles. The largest absolute Gasteiger partial charge is 0.462 e. The number of ether oxygens (including phenoxy) is 3. The molecule has 0 rings (SSSR count). The summed E-state index contributed by atoms with van der Waals surface area (Å²) in [5.74, 6) is -0.972. The number of hydrogen-bond donors (Lipinski definition) is 0. The Kier molecular flexibility index (Phi) is 61.4. The van der Waals surface area contributed by atoms with Gasteiger partial charge in [-0.25, -0.2) is 0 Å². The first-order valence-electron chi connectivity index (χ1n) is 32.2. The second kappa shape index (κ2) is 65.1. The molecule has 78 heavy (non-hydrogen) atoms. The Morgan fingerprint density at radius 1 is 0.269 bits per heavy atom. The third-order valence-electron chi connectivity index (χ3n) is 13.4. The molecule has 0 aromatic rings. The van der Waals surface area contributed by atoms with Gasteiger partial charge in [-0.05, 0) is 128 Å². The Labute approximate surface area is 481 Å². The van der Waals surface area contributed by atoms with Crippen LogP contribution in [0.4, 0.5) is 0 Å². The van der Waals surface area contributed by atoms with Crippen LogP contribution in [0.3, 0.4) is 0 Å². The normalized spacial score (nSPS) is 13.0. The average molecular weight is 1080 g/mol. The zero-order chi connectivity index (χ0) is 56.4. The van der Waals surface area contributed by atoms with Gasteiger partial charge in [0.1, 0.15) is 13.2 Å². The quantitative estimate of drug-likeness (QED) is 0.0261. The van der Waals surface area contributed by atoms with E-state index in [1.807, 2.05) is 0 Å². The van der Waals surface area contributed by atoms with Gasteiger partial charge in [-0.1, -0.05) is 270 Å². The SMILES string of the molecule is CC/C=C\C/C=C\C/C=C\C/C=C\C/C=C\CCCCCCCCCCCCCCCCCC(=O)OCC(COC(=O)CCCCCCC/C=C\CCCCC)OC(=O)CCC/C=C\C/C=C\C/C=C\C/C=C\C/C=C\CC. The molecule has 0 bridgehead atoms. The van der Waals surface area contributed by atoms with Gasteiger partial charge >= 0.3 is 17.9 Å². The van der Waals surface area contributed by atoms with E-state index in [1.54, 1.807) is 0 Å². The maximum absolute atomic E-state index is 12.9. The molecule has 0 N–H and O–H groups in total. The van der Waals surface area contributed by atoms with Crippen LogP contribution in [0.2, 0.25) is 0 Å². The molecule has 0 aliphatic heterocycles. The molecule has 0 amide bonds. The first-order chi connectivity index (χ1) is 38.5. The molecule has 0 heterocycles. The van der Waals surface area contributed by atoms with Crippen LogP contribution < -0.4 is 0 Å². The molecule has 0 aromatic carbocycles. The smallest absolute Gasteiger partial charge is 0.306 e. The lowest BCUT2D eigenvalue weighted by molar-refractivity contribution is -0.167. The molecule has 0 aliphatic rings. The van der Waals surface area contributed by atoms with Crippen LogP contribution in [-0.2, 0) is 28.6 Å². The highest BCUT2D eigenvalue weighted by molar-refractivity contribution is 5.71. The Hall–Kier alpha value is -4.45. The third-order valence-corrected chi connectivity index (χ3v) is 13.4. The number of carbonyl (C=O) groups is 3. The second-order valence-electron chi connectivity index (χ2n) is 20.9. The summed E-state index contributed by atoms with van der Waals surface area (Å²) in [7, 11) is 0. The Morgan fingerprint density at radius 2 is 0.513 bits per heavy atom. The van der Waals surface area contributed by atoms with E-state index in [2.05, 4.69) is 154 Å². The first-order valence-corrected chi connectivity index (χ1v) is 32.2. The zero-order valence-electron chi connectivity index (χ0n) is 50.6. The third kappa shape index (κ3) is 62.4. The predicted octanol–water partition coefficient (Wildman–Crippen LogP) is 22.2. The molecule has 0 aliphatic carbocycles. The molecule has 6 nitrogen and oxygen atoms in total. The molecular weight excluding hydrogens is 961 g/mol. The molecule has 0 spiro atoms. The van der Waals surface area contributed by atoms with Gasteiger partial charge in [0, 0.05) is 19.3 Å². The highest BCUT2D eigenvalue weighted by Gasteiger charge is 2.19. The fourth-order valence-electron chi connectivity index (χ4n) is 8.62. The van der Waals surface area contributed by atoms with Crippen molar-refractivity contribution in [3.05, 3.63) is 134 Å². The lowest BCUT2D eigenvalue weighted by Gasteiger charge is -2.18. The Morgan fingerprint density at radius 3 is 0.833 bits per heavy atom. The van der Waals surface area contributed by atoms with Crippen molar-refractivity contribution in [2.75, 3.05) is 13.2 Å². The summed E-state index contributed by atoms with van der Waals surface area (Å²) in [5.41, 5.74) is 0. The molecule has 6 heteroatoms. The minimum Gasteiger partial charge on any atom is -0.462 e. The number of esters is 3. The molecule has 0 radical (unpaired) electrons. The van der Waals surface area contributed by atoms with E-state index in [0.29, 0.717) is 19.3 Å². The van der Waals surface area contributed by atoms with Crippen molar-refractivity contribution in [2.45, 2.75) is 290 Å². The summed E-state index contributed by atoms with van der Waals surface area (Å²) >= 11 is 0. The van der Waals surface area contributed by atoms with E-state index in [4.69, 9.17) is 14.2 Å². The van der Waals surface area contributed by atoms with Crippen molar-refractivity contribution >= 4 is 17.9 Å². The van der Waals surface area contributed by atoms with Crippen LogP contribution in [0.5, 0.6) is 0 Å². The summed E-state index contributed by atoms with van der Waals surface area (Å²) in [6.45, 7) is 6.34. The van der Waals surface area contributed by atoms with Crippen LogP contribution in [0.25, 0.3) is 0 Å². The lowest BCUT2D eigenvalue weighted by atomic mass is 10.0. The van der Waals surface area contributed by atoms with Gasteiger partial charge in [0.2, 0.25) is 0 Å². The highest BCUT2D eigenvalue weighted by Crippen LogP contribution is 2.16. The number of unbranched alkanes of at least 4 members (excludes halogenated alkanes) is 24. The van der Waals surface area contributed by atoms with Crippen LogP contribution in [0, 0.1) is 0 Å². The molecule has 442 valence electrons. The van der Waals surface area contributed by atoms with Crippen molar-refractivity contribution in [2.24, 2.45) is 0 Å². The van der Waals surface area contributed by atoms with Crippen molar-refractivity contribution < 1.29 is 28.6 Å². The van der Waals surface area contributed by atoms with Crippen molar-refractivity contribution in [3.8, 4) is 0 Å². The average Bonchev–Trinajstić information content (AvgIpc) is 3.44. The van der Waals surface area contributed by atoms with E-state index in [-0.39, 0.29) is 37.5 Å². The van der Waals surface area contributed by atoms with Gasteiger partial charge in [0.25, 0.3) is 0 Å². The first kappa shape index (κ1) is 73.5. The molecule has 1 unspecified atom stereocenters. The van der Waals surface area contributed by atoms with Gasteiger partial charge in [0.05, 0.1) is 0 Å². The van der Waals surface area contributed by atoms with Crippen LogP contribution in [0.1, 0.15) is 284 Å². The second-order valence-corrected chi connectivity index (χ2v) is 20.9. The zero-order valence-corrected chi connectivity index (χ0v) is 50.6.